The van der Waals surface area contributed by atoms with Gasteiger partial charge in [-0.05, 0) is 179 Å². The van der Waals surface area contributed by atoms with E-state index in [1.54, 1.807) is 0 Å². The van der Waals surface area contributed by atoms with E-state index < -0.39 is 0 Å². The Morgan fingerprint density at radius 3 is 1.28 bits per heavy atom. The number of benzene rings is 10. The molecule has 0 unspecified atom stereocenters. The summed E-state index contributed by atoms with van der Waals surface area (Å²) in [6, 6.07) is 75.6. The summed E-state index contributed by atoms with van der Waals surface area (Å²) in [5, 5.41) is 2.20. The first-order valence-electron chi connectivity index (χ1n) is 32.9. The molecule has 2 aliphatic carbocycles. The summed E-state index contributed by atoms with van der Waals surface area (Å²) in [4.78, 5) is 7.90. The van der Waals surface area contributed by atoms with E-state index in [4.69, 9.17) is 4.42 Å². The topological polar surface area (TPSA) is 22.9 Å². The first kappa shape index (κ1) is 57.9. The molecule has 0 N–H and O–H groups in total. The van der Waals surface area contributed by atoms with Gasteiger partial charge in [-0.15, -0.1) is 0 Å². The van der Waals surface area contributed by atoms with Crippen molar-refractivity contribution >= 4 is 96.2 Å². The molecule has 0 saturated carbocycles. The number of rotatable bonds is 5. The van der Waals surface area contributed by atoms with E-state index in [0.29, 0.717) is 0 Å². The van der Waals surface area contributed by atoms with Crippen molar-refractivity contribution in [3.63, 3.8) is 0 Å². The molecule has 0 bridgehead atoms. The van der Waals surface area contributed by atoms with Gasteiger partial charge in [0, 0.05) is 66.9 Å². The average Bonchev–Trinajstić information content (AvgIpc) is 0.693. The molecule has 10 aromatic carbocycles. The summed E-state index contributed by atoms with van der Waals surface area (Å²) in [6.45, 7) is 42.8. The fourth-order valence-corrected chi connectivity index (χ4v) is 16.5. The number of para-hydroxylation sites is 1. The Labute approximate surface area is 535 Å². The van der Waals surface area contributed by atoms with E-state index in [1.807, 2.05) is 0 Å². The first-order valence-corrected chi connectivity index (χ1v) is 32.9. The summed E-state index contributed by atoms with van der Waals surface area (Å²) in [5.74, 6) is 0. The zero-order valence-electron chi connectivity index (χ0n) is 56.3. The van der Waals surface area contributed by atoms with Gasteiger partial charge in [0.2, 0.25) is 0 Å². The minimum atomic E-state index is -0.313. The van der Waals surface area contributed by atoms with Crippen molar-refractivity contribution in [3.05, 3.63) is 261 Å². The Morgan fingerprint density at radius 2 is 0.767 bits per heavy atom. The second-order valence-electron chi connectivity index (χ2n) is 31.9. The van der Waals surface area contributed by atoms with E-state index in [0.717, 1.165) is 50.4 Å². The standard InChI is InChI=1S/C85H86BN3O/c1-51-44-63-65(84(15,16)61-29-22-20-27-59(61)82(63,11)12)49-71(51)88-69-43-38-54(81(8,9)10)45-67(69)86-68-48-64-66(85(17,18)62-30-23-21-28-60(62)83(64,13)14)50-72(68)89(70-31-25-33-76-77(70)58-26-19-24-32-75(58)90-76)74-47-57(46-73(88)78(74)86)87(55-39-34-52(35-40-55)79(2,3)4)56-41-36-53(37-42-56)80(5,6)7/h19-50H,1-18H3. The van der Waals surface area contributed by atoms with E-state index in [9.17, 15) is 0 Å². The van der Waals surface area contributed by atoms with Gasteiger partial charge >= 0.3 is 0 Å². The van der Waals surface area contributed by atoms with Gasteiger partial charge in [0.15, 0.2) is 0 Å². The third kappa shape index (κ3) is 8.39. The minimum Gasteiger partial charge on any atom is -0.456 e. The lowest BCUT2D eigenvalue weighted by Gasteiger charge is -2.49. The van der Waals surface area contributed by atoms with Crippen LogP contribution in [0.5, 0.6) is 0 Å². The van der Waals surface area contributed by atoms with Crippen LogP contribution in [0.4, 0.5) is 51.2 Å². The highest BCUT2D eigenvalue weighted by Gasteiger charge is 2.50. The number of aryl methyl sites for hydroxylation is 1. The number of fused-ring (bicyclic) bond motifs is 11. The molecule has 4 aliphatic rings. The average molecular weight is 1180 g/mol. The zero-order valence-corrected chi connectivity index (χ0v) is 56.3. The SMILES string of the molecule is Cc1cc2c(cc1N1c3ccc(C(C)(C)C)cc3B3c4cc5c(cc4N(c4cccc6oc7ccccc7c46)c4cc(N(c6ccc(C(C)(C)C)cc6)c6ccc(C(C)(C)C)cc6)cc1c43)C(C)(C)c1ccccc1C5(C)C)C(C)(C)c1ccccc1C2(C)C. The fourth-order valence-electron chi connectivity index (χ4n) is 16.5. The number of nitrogens with zero attached hydrogens (tertiary/aromatic N) is 3. The van der Waals surface area contributed by atoms with Crippen LogP contribution in [0, 0.1) is 6.92 Å². The predicted molar refractivity (Wildman–Crippen MR) is 385 cm³/mol. The maximum absolute atomic E-state index is 6.91. The van der Waals surface area contributed by atoms with Gasteiger partial charge in [-0.3, -0.25) is 0 Å². The van der Waals surface area contributed by atoms with Crippen molar-refractivity contribution in [2.75, 3.05) is 14.7 Å². The van der Waals surface area contributed by atoms with Crippen LogP contribution in [0.1, 0.15) is 184 Å². The molecule has 5 heteroatoms. The second-order valence-corrected chi connectivity index (χ2v) is 31.9. The van der Waals surface area contributed by atoms with Crippen LogP contribution in [0.3, 0.4) is 0 Å². The van der Waals surface area contributed by atoms with E-state index >= 15 is 0 Å². The third-order valence-corrected chi connectivity index (χ3v) is 21.7. The van der Waals surface area contributed by atoms with Gasteiger partial charge in [-0.1, -0.05) is 239 Å². The molecule has 90 heavy (non-hydrogen) atoms. The van der Waals surface area contributed by atoms with Crippen LogP contribution in [0.15, 0.2) is 199 Å². The van der Waals surface area contributed by atoms with Gasteiger partial charge in [0.05, 0.1) is 16.8 Å². The number of anilines is 9. The highest BCUT2D eigenvalue weighted by Crippen LogP contribution is 2.57. The largest absolute Gasteiger partial charge is 0.456 e. The van der Waals surface area contributed by atoms with Crippen molar-refractivity contribution in [1.29, 1.82) is 0 Å². The van der Waals surface area contributed by atoms with Crippen LogP contribution in [-0.4, -0.2) is 6.71 Å². The third-order valence-electron chi connectivity index (χ3n) is 21.7. The van der Waals surface area contributed by atoms with E-state index in [-0.39, 0.29) is 44.6 Å². The van der Waals surface area contributed by atoms with Gasteiger partial charge in [-0.25, -0.2) is 0 Å². The second kappa shape index (κ2) is 19.3. The summed E-state index contributed by atoms with van der Waals surface area (Å²) in [7, 11) is 0. The van der Waals surface area contributed by atoms with Crippen LogP contribution in [0.2, 0.25) is 0 Å². The van der Waals surface area contributed by atoms with Crippen molar-refractivity contribution in [1.82, 2.24) is 0 Å². The van der Waals surface area contributed by atoms with Crippen LogP contribution >= 0.6 is 0 Å². The summed E-state index contributed by atoms with van der Waals surface area (Å²) < 4.78 is 6.91. The fraction of sp³-hybridized carbons (Fsp3) is 0.294. The molecule has 0 fully saturated rings. The quantitative estimate of drug-likeness (QED) is 0.160. The van der Waals surface area contributed by atoms with E-state index in [2.05, 4.69) is 333 Å². The molecule has 15 rings (SSSR count). The molecule has 4 nitrogen and oxygen atoms in total. The molecule has 1 aromatic heterocycles. The summed E-state index contributed by atoms with van der Waals surface area (Å²) in [5.41, 5.74) is 30.9. The molecule has 0 atom stereocenters. The van der Waals surface area contributed by atoms with Gasteiger partial charge in [0.25, 0.3) is 6.71 Å². The molecule has 450 valence electrons. The lowest BCUT2D eigenvalue weighted by Crippen LogP contribution is -2.62. The van der Waals surface area contributed by atoms with Crippen LogP contribution in [0.25, 0.3) is 21.9 Å². The first-order chi connectivity index (χ1) is 42.5. The predicted octanol–water partition coefficient (Wildman–Crippen LogP) is 21.3. The monoisotopic (exact) mass is 1180 g/mol. The molecule has 0 amide bonds. The number of hydrogen-bond acceptors (Lipinski definition) is 4. The van der Waals surface area contributed by atoms with E-state index in [1.165, 1.54) is 106 Å². The molecule has 3 heterocycles. The van der Waals surface area contributed by atoms with Crippen molar-refractivity contribution < 1.29 is 4.42 Å². The highest BCUT2D eigenvalue weighted by atomic mass is 16.3. The zero-order chi connectivity index (χ0) is 63.3. The Hall–Kier alpha value is -8.54. The minimum absolute atomic E-state index is 0.0285. The summed E-state index contributed by atoms with van der Waals surface area (Å²) >= 11 is 0. The summed E-state index contributed by atoms with van der Waals surface area (Å²) in [6.07, 6.45) is 0. The maximum atomic E-state index is 6.91. The number of hydrogen-bond donors (Lipinski definition) is 0. The lowest BCUT2D eigenvalue weighted by molar-refractivity contribution is 0.520. The molecule has 2 aliphatic heterocycles. The van der Waals surface area contributed by atoms with Crippen LogP contribution in [-0.2, 0) is 37.9 Å². The Balaban J connectivity index is 1.12. The molecular weight excluding hydrogens is 1090 g/mol. The maximum Gasteiger partial charge on any atom is 0.252 e. The number of furan rings is 1. The molecule has 0 radical (unpaired) electrons. The van der Waals surface area contributed by atoms with Crippen molar-refractivity contribution in [2.24, 2.45) is 0 Å². The Bertz CT molecular complexity index is 4740. The molecule has 0 spiro atoms. The smallest absolute Gasteiger partial charge is 0.252 e. The molecule has 11 aromatic rings. The molecule has 0 saturated heterocycles. The van der Waals surface area contributed by atoms with Gasteiger partial charge in [0.1, 0.15) is 11.2 Å². The van der Waals surface area contributed by atoms with Gasteiger partial charge < -0.3 is 19.1 Å². The van der Waals surface area contributed by atoms with Gasteiger partial charge in [-0.2, -0.15) is 0 Å². The van der Waals surface area contributed by atoms with Crippen molar-refractivity contribution in [3.8, 4) is 0 Å². The normalized spacial score (nSPS) is 16.4. The lowest BCUT2D eigenvalue weighted by atomic mass is 9.33. The Kier molecular flexibility index (Phi) is 12.4. The molecular formula is C85H86BN3O. The van der Waals surface area contributed by atoms with Crippen molar-refractivity contribution in [2.45, 2.75) is 163 Å². The highest BCUT2D eigenvalue weighted by molar-refractivity contribution is 7.00. The van der Waals surface area contributed by atoms with Crippen LogP contribution < -0.4 is 31.1 Å². The Morgan fingerprint density at radius 1 is 0.344 bits per heavy atom.